The summed E-state index contributed by atoms with van der Waals surface area (Å²) in [6.45, 7) is 34.2. The molecule has 8 nitrogen and oxygen atoms in total. The Labute approximate surface area is 534 Å². The van der Waals surface area contributed by atoms with E-state index in [1.807, 2.05) is 84.9 Å². The van der Waals surface area contributed by atoms with Crippen molar-refractivity contribution in [2.45, 2.75) is 143 Å². The van der Waals surface area contributed by atoms with Gasteiger partial charge in [-0.2, -0.15) is 0 Å². The van der Waals surface area contributed by atoms with Crippen LogP contribution in [0.5, 0.6) is 23.0 Å². The summed E-state index contributed by atoms with van der Waals surface area (Å²) < 4.78 is 1.01. The molecule has 0 aliphatic carbocycles. The molecule has 0 radical (unpaired) electrons. The van der Waals surface area contributed by atoms with E-state index in [2.05, 4.69) is 161 Å². The summed E-state index contributed by atoms with van der Waals surface area (Å²) in [7, 11) is 0. The van der Waals surface area contributed by atoms with Crippen molar-refractivity contribution in [2.24, 2.45) is 0 Å². The Morgan fingerprint density at radius 2 is 0.690 bits per heavy atom. The molecule has 8 aromatic rings. The van der Waals surface area contributed by atoms with Gasteiger partial charge in [0.2, 0.25) is 0 Å². The van der Waals surface area contributed by atoms with Gasteiger partial charge in [-0.3, -0.25) is 0 Å². The van der Waals surface area contributed by atoms with Crippen LogP contribution < -0.4 is 19.6 Å². The van der Waals surface area contributed by atoms with E-state index in [1.165, 1.54) is 49.8 Å². The Kier molecular flexibility index (Phi) is 18.3. The second kappa shape index (κ2) is 24.1. The van der Waals surface area contributed by atoms with Gasteiger partial charge in [0.1, 0.15) is 23.0 Å². The summed E-state index contributed by atoms with van der Waals surface area (Å²) in [5.41, 5.74) is 12.0. The normalized spacial score (nSPS) is 18.3. The number of anilines is 4. The van der Waals surface area contributed by atoms with E-state index >= 15 is 0 Å². The van der Waals surface area contributed by atoms with Crippen molar-refractivity contribution >= 4 is 144 Å². The molecule has 12 rings (SSSR count). The predicted octanol–water partition coefficient (Wildman–Crippen LogP) is 20.1. The highest BCUT2D eigenvalue weighted by atomic mass is 79.9. The number of aryl methyl sites for hydroxylation is 2. The second-order valence-electron chi connectivity index (χ2n) is 27.2. The number of halogens is 6. The lowest BCUT2D eigenvalue weighted by molar-refractivity contribution is 0.478. The zero-order valence-electron chi connectivity index (χ0n) is 51.0. The van der Waals surface area contributed by atoms with Gasteiger partial charge in [0.15, 0.2) is 0 Å². The number of fused-ring (bicyclic) bond motifs is 12. The standard InChI is InChI=1S/C18H22BrNO.C18H22ClNO.C17H19BrClNO.C17H19Cl2NO/c2*1-11-6-5-7-13-15(21)8-14-17(16(11)13)12(9-19)10-20(14)18(2,3)4;1-17(2,3)20-9-10(8-19)15-13(20)7-14(21)11-5-4-6-12(18)16(11)15;1-17(2,3)20-9-10(8-18)15-13(20)7-14(21)11-5-4-6-12(19)16(11)15/h2*5-8,12,21H,9-10H2,1-4H3;2*4-7,10,21H,8-9H2,1-3H3/t2*12-;2*10-/m1111/s1. The minimum atomic E-state index is -0.0308. The third-order valence-electron chi connectivity index (χ3n) is 17.3. The molecule has 14 heteroatoms. The summed E-state index contributed by atoms with van der Waals surface area (Å²) in [4.78, 5) is 9.42. The van der Waals surface area contributed by atoms with Crippen LogP contribution >= 0.6 is 78.3 Å². The van der Waals surface area contributed by atoms with Crippen LogP contribution in [0.15, 0.2) is 102 Å². The van der Waals surface area contributed by atoms with Gasteiger partial charge in [0, 0.05) is 184 Å². The fourth-order valence-electron chi connectivity index (χ4n) is 13.4. The van der Waals surface area contributed by atoms with Crippen molar-refractivity contribution in [3.63, 3.8) is 0 Å². The topological polar surface area (TPSA) is 93.9 Å². The first-order chi connectivity index (χ1) is 39.4. The summed E-state index contributed by atoms with van der Waals surface area (Å²) in [6, 6.07) is 31.4. The lowest BCUT2D eigenvalue weighted by Crippen LogP contribution is -2.40. The molecule has 0 saturated heterocycles. The Morgan fingerprint density at radius 1 is 0.417 bits per heavy atom. The number of alkyl halides is 4. The van der Waals surface area contributed by atoms with Crippen molar-refractivity contribution in [1.82, 2.24) is 0 Å². The molecule has 4 atom stereocenters. The average molecular weight is 1350 g/mol. The predicted molar refractivity (Wildman–Crippen MR) is 370 cm³/mol. The van der Waals surface area contributed by atoms with E-state index in [9.17, 15) is 20.4 Å². The van der Waals surface area contributed by atoms with Crippen LogP contribution in [0.2, 0.25) is 5.02 Å². The van der Waals surface area contributed by atoms with Crippen LogP contribution in [0, 0.1) is 13.8 Å². The number of aromatic hydroxyl groups is 4. The van der Waals surface area contributed by atoms with Crippen LogP contribution in [-0.2, 0) is 0 Å². The van der Waals surface area contributed by atoms with E-state index in [-0.39, 0.29) is 39.7 Å². The van der Waals surface area contributed by atoms with Gasteiger partial charge >= 0.3 is 0 Å². The average Bonchev–Trinajstić information content (AvgIpc) is 1.78. The molecule has 0 amide bonds. The SMILES string of the molecule is CC(C)(C)N1C[C@@H](CCl)c2c1cc(O)c1cccc(Br)c21.CC(C)(C)N1C[C@@H](CCl)c2c1cc(O)c1cccc(Cl)c21.Cc1cccc2c(O)cc3c(c12)[C@H](CBr)CN3C(C)(C)C.Cc1cccc2c(O)cc3c(c12)[C@H](CCl)CN3C(C)(C)C. The molecule has 0 unspecified atom stereocenters. The van der Waals surface area contributed by atoms with Gasteiger partial charge < -0.3 is 40.0 Å². The number of hydrogen-bond acceptors (Lipinski definition) is 8. The van der Waals surface area contributed by atoms with E-state index < -0.39 is 0 Å². The summed E-state index contributed by atoms with van der Waals surface area (Å²) in [5.74, 6) is 4.36. The van der Waals surface area contributed by atoms with E-state index in [1.54, 1.807) is 0 Å². The van der Waals surface area contributed by atoms with E-state index in [4.69, 9.17) is 46.4 Å². The summed E-state index contributed by atoms with van der Waals surface area (Å²) in [6.07, 6.45) is 0. The third-order valence-corrected chi connectivity index (χ3v) is 20.2. The second-order valence-corrected chi connectivity index (χ2v) is 30.0. The van der Waals surface area contributed by atoms with Crippen LogP contribution in [0.1, 0.15) is 140 Å². The van der Waals surface area contributed by atoms with Gasteiger partial charge in [0.25, 0.3) is 0 Å². The first-order valence-corrected chi connectivity index (χ1v) is 33.0. The largest absolute Gasteiger partial charge is 0.507 e. The first kappa shape index (κ1) is 63.8. The van der Waals surface area contributed by atoms with Gasteiger partial charge in [-0.05, 0) is 153 Å². The van der Waals surface area contributed by atoms with Crippen LogP contribution in [0.25, 0.3) is 43.1 Å². The number of rotatable bonds is 4. The Hall–Kier alpha value is -4.68. The third kappa shape index (κ3) is 11.8. The minimum absolute atomic E-state index is 0.00304. The monoisotopic (exact) mass is 1340 g/mol. The van der Waals surface area contributed by atoms with Crippen molar-refractivity contribution in [3.05, 3.63) is 140 Å². The molecule has 4 heterocycles. The van der Waals surface area contributed by atoms with Crippen molar-refractivity contribution in [2.75, 3.05) is 68.7 Å². The molecule has 0 saturated carbocycles. The number of nitrogens with zero attached hydrogens (tertiary/aromatic N) is 4. The fourth-order valence-corrected chi connectivity index (χ4v) is 15.5. The van der Waals surface area contributed by atoms with Crippen molar-refractivity contribution < 1.29 is 20.4 Å². The zero-order valence-corrected chi connectivity index (χ0v) is 57.2. The van der Waals surface area contributed by atoms with Crippen molar-refractivity contribution in [1.29, 1.82) is 0 Å². The highest BCUT2D eigenvalue weighted by Crippen LogP contribution is 2.53. The smallest absolute Gasteiger partial charge is 0.125 e. The Bertz CT molecular complexity index is 3320. The highest BCUT2D eigenvalue weighted by Gasteiger charge is 2.41. The number of benzene rings is 8. The molecular formula is C70H82Br2Cl4N4O4. The van der Waals surface area contributed by atoms with Crippen LogP contribution in [-0.4, -0.2) is 91.7 Å². The fraction of sp³-hybridized carbons (Fsp3) is 0.429. The number of hydrogen-bond donors (Lipinski definition) is 4. The molecule has 0 aromatic heterocycles. The van der Waals surface area contributed by atoms with Crippen LogP contribution in [0.4, 0.5) is 22.7 Å². The molecule has 8 aromatic carbocycles. The lowest BCUT2D eigenvalue weighted by Gasteiger charge is -2.35. The van der Waals surface area contributed by atoms with E-state index in [0.717, 1.165) is 85.4 Å². The number of phenols is 4. The molecule has 4 N–H and O–H groups in total. The molecule has 4 aliphatic rings. The minimum Gasteiger partial charge on any atom is -0.507 e. The van der Waals surface area contributed by atoms with Crippen molar-refractivity contribution in [3.8, 4) is 23.0 Å². The summed E-state index contributed by atoms with van der Waals surface area (Å²) in [5, 5.41) is 51.3. The molecule has 0 fully saturated rings. The molecule has 4 aliphatic heterocycles. The zero-order chi connectivity index (χ0) is 61.4. The van der Waals surface area contributed by atoms with Crippen LogP contribution in [0.3, 0.4) is 0 Å². The maximum Gasteiger partial charge on any atom is 0.125 e. The first-order valence-electron chi connectivity index (χ1n) is 29.1. The molecule has 84 heavy (non-hydrogen) atoms. The molecule has 0 spiro atoms. The Morgan fingerprint density at radius 3 is 1.02 bits per heavy atom. The quantitative estimate of drug-likeness (QED) is 0.130. The number of phenolic OH excluding ortho intramolecular Hbond substituents is 4. The van der Waals surface area contributed by atoms with Gasteiger partial charge in [-0.25, -0.2) is 0 Å². The lowest BCUT2D eigenvalue weighted by atomic mass is 9.92. The molecule has 0 bridgehead atoms. The van der Waals surface area contributed by atoms with Gasteiger partial charge in [-0.15, -0.1) is 34.8 Å². The Balaban J connectivity index is 0.000000134. The van der Waals surface area contributed by atoms with Gasteiger partial charge in [-0.1, -0.05) is 104 Å². The molecule has 448 valence electrons. The summed E-state index contributed by atoms with van der Waals surface area (Å²) >= 11 is 32.4. The molecular weight excluding hydrogens is 1260 g/mol. The highest BCUT2D eigenvalue weighted by molar-refractivity contribution is 9.10. The van der Waals surface area contributed by atoms with Gasteiger partial charge in [0.05, 0.1) is 0 Å². The van der Waals surface area contributed by atoms with E-state index in [0.29, 0.717) is 51.7 Å². The maximum absolute atomic E-state index is 10.5. The maximum atomic E-state index is 10.5.